The molecule has 1 amide bonds. The molecule has 1 atom stereocenters. The first-order chi connectivity index (χ1) is 8.54. The van der Waals surface area contributed by atoms with Crippen LogP contribution in [0, 0.1) is 5.92 Å². The molecular weight excluding hydrogens is 287 g/mol. The zero-order valence-electron chi connectivity index (χ0n) is 10.4. The molecule has 0 heterocycles. The van der Waals surface area contributed by atoms with E-state index < -0.39 is 21.5 Å². The first kappa shape index (κ1) is 15.8. The lowest BCUT2D eigenvalue weighted by atomic mass is 9.94. The summed E-state index contributed by atoms with van der Waals surface area (Å²) in [6.45, 7) is 0. The van der Waals surface area contributed by atoms with E-state index in [0.717, 1.165) is 6.08 Å². The third kappa shape index (κ3) is 3.85. The Labute approximate surface area is 109 Å². The number of rotatable bonds is 3. The maximum Gasteiger partial charge on any atom is 0.534 e. The zero-order chi connectivity index (χ0) is 14.8. The van der Waals surface area contributed by atoms with Gasteiger partial charge in [0.05, 0.1) is 5.92 Å². The van der Waals surface area contributed by atoms with E-state index in [4.69, 9.17) is 0 Å². The summed E-state index contributed by atoms with van der Waals surface area (Å²) in [4.78, 5) is 13.0. The Morgan fingerprint density at radius 3 is 2.47 bits per heavy atom. The number of hydrogen-bond acceptors (Lipinski definition) is 4. The van der Waals surface area contributed by atoms with Gasteiger partial charge in [-0.3, -0.25) is 4.79 Å². The minimum Gasteiger partial charge on any atom is -0.381 e. The summed E-state index contributed by atoms with van der Waals surface area (Å²) >= 11 is 0. The second-order valence-electron chi connectivity index (χ2n) is 4.35. The van der Waals surface area contributed by atoms with Crippen molar-refractivity contribution < 1.29 is 30.6 Å². The molecule has 0 aliphatic heterocycles. The Morgan fingerprint density at radius 1 is 1.42 bits per heavy atom. The van der Waals surface area contributed by atoms with Gasteiger partial charge in [0.15, 0.2) is 0 Å². The van der Waals surface area contributed by atoms with Gasteiger partial charge in [-0.25, -0.2) is 0 Å². The van der Waals surface area contributed by atoms with Crippen LogP contribution in [0.1, 0.15) is 19.3 Å². The Bertz CT molecular complexity index is 481. The van der Waals surface area contributed by atoms with Gasteiger partial charge in [-0.15, -0.1) is 0 Å². The van der Waals surface area contributed by atoms with Gasteiger partial charge in [-0.1, -0.05) is 0 Å². The fraction of sp³-hybridized carbons (Fsp3) is 0.700. The number of carbonyl (C=O) groups excluding carboxylic acids is 1. The van der Waals surface area contributed by atoms with Crippen LogP contribution in [0.15, 0.2) is 11.8 Å². The smallest absolute Gasteiger partial charge is 0.381 e. The van der Waals surface area contributed by atoms with Crippen LogP contribution in [0.2, 0.25) is 0 Å². The van der Waals surface area contributed by atoms with Crippen molar-refractivity contribution in [3.05, 3.63) is 11.8 Å². The normalized spacial score (nSPS) is 20.7. The average molecular weight is 301 g/mol. The SMILES string of the molecule is CN(C)C(=O)C1C=C(OS(=O)(=O)C(F)(F)F)CCC1. The van der Waals surface area contributed by atoms with Gasteiger partial charge >= 0.3 is 15.6 Å². The van der Waals surface area contributed by atoms with E-state index in [2.05, 4.69) is 4.18 Å². The first-order valence-electron chi connectivity index (χ1n) is 5.47. The molecule has 1 unspecified atom stereocenters. The van der Waals surface area contributed by atoms with Gasteiger partial charge in [0, 0.05) is 20.5 Å². The molecule has 110 valence electrons. The fourth-order valence-corrected chi connectivity index (χ4v) is 2.19. The van der Waals surface area contributed by atoms with Crippen molar-refractivity contribution in [3.63, 3.8) is 0 Å². The first-order valence-corrected chi connectivity index (χ1v) is 6.88. The molecule has 0 aromatic rings. The summed E-state index contributed by atoms with van der Waals surface area (Å²) in [5.74, 6) is -1.28. The molecule has 0 saturated carbocycles. The summed E-state index contributed by atoms with van der Waals surface area (Å²) in [5, 5.41) is 0. The molecule has 0 spiro atoms. The van der Waals surface area contributed by atoms with Crippen LogP contribution >= 0.6 is 0 Å². The third-order valence-electron chi connectivity index (χ3n) is 2.58. The predicted octanol–water partition coefficient (Wildman–Crippen LogP) is 1.62. The van der Waals surface area contributed by atoms with E-state index in [1.54, 1.807) is 0 Å². The van der Waals surface area contributed by atoms with Crippen molar-refractivity contribution in [1.82, 2.24) is 4.90 Å². The number of hydrogen-bond donors (Lipinski definition) is 0. The summed E-state index contributed by atoms with van der Waals surface area (Å²) in [7, 11) is -2.64. The molecule has 0 fully saturated rings. The van der Waals surface area contributed by atoms with Crippen molar-refractivity contribution in [2.75, 3.05) is 14.1 Å². The van der Waals surface area contributed by atoms with Gasteiger partial charge in [0.1, 0.15) is 5.76 Å². The lowest BCUT2D eigenvalue weighted by Crippen LogP contribution is -2.31. The summed E-state index contributed by atoms with van der Waals surface area (Å²) in [5.41, 5.74) is -5.47. The largest absolute Gasteiger partial charge is 0.534 e. The molecule has 19 heavy (non-hydrogen) atoms. The second kappa shape index (κ2) is 5.40. The third-order valence-corrected chi connectivity index (χ3v) is 3.58. The van der Waals surface area contributed by atoms with Crippen molar-refractivity contribution in [3.8, 4) is 0 Å². The maximum atomic E-state index is 12.2. The number of nitrogens with zero attached hydrogens (tertiary/aromatic N) is 1. The molecular formula is C10H14F3NO4S. The lowest BCUT2D eigenvalue weighted by Gasteiger charge is -2.23. The molecule has 9 heteroatoms. The van der Waals surface area contributed by atoms with Crippen molar-refractivity contribution in [2.24, 2.45) is 5.92 Å². The highest BCUT2D eigenvalue weighted by Crippen LogP contribution is 2.31. The highest BCUT2D eigenvalue weighted by molar-refractivity contribution is 7.87. The second-order valence-corrected chi connectivity index (χ2v) is 5.89. The van der Waals surface area contributed by atoms with Crippen LogP contribution in [0.4, 0.5) is 13.2 Å². The quantitative estimate of drug-likeness (QED) is 0.587. The Kier molecular flexibility index (Phi) is 4.49. The van der Waals surface area contributed by atoms with Crippen molar-refractivity contribution in [2.45, 2.75) is 24.8 Å². The molecule has 0 N–H and O–H groups in total. The molecule has 0 aromatic heterocycles. The van der Waals surface area contributed by atoms with E-state index >= 15 is 0 Å². The summed E-state index contributed by atoms with van der Waals surface area (Å²) in [6, 6.07) is 0. The van der Waals surface area contributed by atoms with Gasteiger partial charge in [0.25, 0.3) is 0 Å². The number of amides is 1. The van der Waals surface area contributed by atoms with Gasteiger partial charge < -0.3 is 9.08 Å². The standard InChI is InChI=1S/C10H14F3NO4S/c1-14(2)9(15)7-4-3-5-8(6-7)18-19(16,17)10(11,12)13/h6-7H,3-5H2,1-2H3. The molecule has 1 aliphatic carbocycles. The molecule has 0 aromatic carbocycles. The van der Waals surface area contributed by atoms with Crippen LogP contribution < -0.4 is 0 Å². The molecule has 0 saturated heterocycles. The topological polar surface area (TPSA) is 63.7 Å². The number of allylic oxidation sites excluding steroid dienone is 1. The minimum absolute atomic E-state index is 0.0620. The number of halogens is 3. The van der Waals surface area contributed by atoms with E-state index in [9.17, 15) is 26.4 Å². The maximum absolute atomic E-state index is 12.2. The number of carbonyl (C=O) groups is 1. The van der Waals surface area contributed by atoms with Gasteiger partial charge in [-0.2, -0.15) is 21.6 Å². The minimum atomic E-state index is -5.66. The van der Waals surface area contributed by atoms with E-state index in [1.165, 1.54) is 19.0 Å². The molecule has 1 rings (SSSR count). The fourth-order valence-electron chi connectivity index (χ4n) is 1.67. The summed E-state index contributed by atoms with van der Waals surface area (Å²) < 4.78 is 62.2. The van der Waals surface area contributed by atoms with Crippen molar-refractivity contribution in [1.29, 1.82) is 0 Å². The number of alkyl halides is 3. The Hall–Kier alpha value is -1.25. The van der Waals surface area contributed by atoms with E-state index in [0.29, 0.717) is 12.8 Å². The predicted molar refractivity (Wildman–Crippen MR) is 60.2 cm³/mol. The zero-order valence-corrected chi connectivity index (χ0v) is 11.2. The van der Waals surface area contributed by atoms with Crippen LogP contribution in [-0.4, -0.2) is 38.8 Å². The Balaban J connectivity index is 2.88. The molecule has 0 bridgehead atoms. The Morgan fingerprint density at radius 2 is 2.00 bits per heavy atom. The molecule has 0 radical (unpaired) electrons. The molecule has 1 aliphatic rings. The molecule has 5 nitrogen and oxygen atoms in total. The van der Waals surface area contributed by atoms with Crippen LogP contribution in [0.5, 0.6) is 0 Å². The van der Waals surface area contributed by atoms with Crippen LogP contribution in [0.25, 0.3) is 0 Å². The summed E-state index contributed by atoms with van der Waals surface area (Å²) in [6.07, 6.45) is 2.06. The highest BCUT2D eigenvalue weighted by atomic mass is 32.2. The lowest BCUT2D eigenvalue weighted by molar-refractivity contribution is -0.131. The average Bonchev–Trinajstić information content (AvgIpc) is 2.26. The van der Waals surface area contributed by atoms with E-state index in [-0.39, 0.29) is 18.1 Å². The highest BCUT2D eigenvalue weighted by Gasteiger charge is 2.49. The van der Waals surface area contributed by atoms with E-state index in [1.807, 2.05) is 0 Å². The van der Waals surface area contributed by atoms with Gasteiger partial charge in [0.2, 0.25) is 5.91 Å². The van der Waals surface area contributed by atoms with Crippen molar-refractivity contribution >= 4 is 16.0 Å². The van der Waals surface area contributed by atoms with Crippen LogP contribution in [-0.2, 0) is 19.1 Å². The monoisotopic (exact) mass is 301 g/mol. The van der Waals surface area contributed by atoms with Gasteiger partial charge in [-0.05, 0) is 18.9 Å². The van der Waals surface area contributed by atoms with Crippen LogP contribution in [0.3, 0.4) is 0 Å².